The van der Waals surface area contributed by atoms with E-state index >= 15 is 0 Å². The first-order chi connectivity index (χ1) is 16.0. The SMILES string of the molecule is CN1CCC(N(C)C)c2cc(O)c3c(c21)CC1CC2C(N)C(=O)C(C(N)=O)CC2C(=O)C1C3=O. The van der Waals surface area contributed by atoms with Crippen LogP contribution in [0.2, 0.25) is 0 Å². The number of fused-ring (bicyclic) bond motifs is 5. The lowest BCUT2D eigenvalue weighted by Crippen LogP contribution is -2.60. The first kappa shape index (κ1) is 23.0. The molecule has 34 heavy (non-hydrogen) atoms. The third kappa shape index (κ3) is 3.13. The van der Waals surface area contributed by atoms with Crippen LogP contribution in [0, 0.1) is 29.6 Å². The lowest BCUT2D eigenvalue weighted by molar-refractivity contribution is -0.145. The van der Waals surface area contributed by atoms with Gasteiger partial charge >= 0.3 is 0 Å². The molecule has 1 aromatic rings. The number of phenols is 1. The van der Waals surface area contributed by atoms with Crippen molar-refractivity contribution in [2.45, 2.75) is 37.8 Å². The van der Waals surface area contributed by atoms with E-state index in [2.05, 4.69) is 9.80 Å². The van der Waals surface area contributed by atoms with Crippen LogP contribution >= 0.6 is 0 Å². The van der Waals surface area contributed by atoms with Gasteiger partial charge in [-0.2, -0.15) is 0 Å². The Morgan fingerprint density at radius 3 is 2.53 bits per heavy atom. The van der Waals surface area contributed by atoms with Crippen LogP contribution in [0.4, 0.5) is 5.69 Å². The topological polar surface area (TPSA) is 147 Å². The summed E-state index contributed by atoms with van der Waals surface area (Å²) in [6.07, 6.45) is 1.82. The van der Waals surface area contributed by atoms with E-state index < -0.39 is 41.4 Å². The van der Waals surface area contributed by atoms with Gasteiger partial charge in [-0.25, -0.2) is 0 Å². The average Bonchev–Trinajstić information content (AvgIpc) is 2.75. The van der Waals surface area contributed by atoms with Crippen LogP contribution in [0.3, 0.4) is 0 Å². The molecule has 9 heteroatoms. The van der Waals surface area contributed by atoms with Crippen LogP contribution in [-0.4, -0.2) is 67.0 Å². The standard InChI is InChI=1S/C25H32N4O5/c1-28(2)16-4-5-29(3)21-13(16)9-17(30)19-14(21)7-10-6-11-12(22(31)18(10)24(19)33)8-15(25(27)34)23(32)20(11)26/h9-12,15-16,18,20,30H,4-8,26H2,1-3H3,(H2,27,34). The number of hydrogen-bond acceptors (Lipinski definition) is 8. The summed E-state index contributed by atoms with van der Waals surface area (Å²) in [4.78, 5) is 56.1. The maximum atomic E-state index is 13.7. The van der Waals surface area contributed by atoms with Gasteiger partial charge in [0.1, 0.15) is 11.5 Å². The number of benzene rings is 1. The maximum Gasteiger partial charge on any atom is 0.228 e. The molecule has 0 aromatic heterocycles. The summed E-state index contributed by atoms with van der Waals surface area (Å²) in [5.41, 5.74) is 14.6. The molecular weight excluding hydrogens is 436 g/mol. The number of ketones is 3. The molecule has 4 aliphatic rings. The molecule has 182 valence electrons. The summed E-state index contributed by atoms with van der Waals surface area (Å²) in [6, 6.07) is 0.848. The van der Waals surface area contributed by atoms with Gasteiger partial charge in [0.15, 0.2) is 11.6 Å². The summed E-state index contributed by atoms with van der Waals surface area (Å²) in [5, 5.41) is 11.0. The number of carbonyl (C=O) groups is 4. The number of rotatable bonds is 2. The van der Waals surface area contributed by atoms with Gasteiger partial charge in [-0.1, -0.05) is 0 Å². The molecule has 7 atom stereocenters. The highest BCUT2D eigenvalue weighted by Gasteiger charge is 2.56. The van der Waals surface area contributed by atoms with Gasteiger partial charge in [-0.3, -0.25) is 19.2 Å². The number of hydrogen-bond donors (Lipinski definition) is 3. The molecule has 0 saturated heterocycles. The summed E-state index contributed by atoms with van der Waals surface area (Å²) >= 11 is 0. The fourth-order valence-corrected chi connectivity index (χ4v) is 7.08. The van der Waals surface area contributed by atoms with Crippen LogP contribution < -0.4 is 16.4 Å². The van der Waals surface area contributed by atoms with E-state index in [1.54, 1.807) is 6.07 Å². The molecule has 1 aliphatic heterocycles. The van der Waals surface area contributed by atoms with Gasteiger partial charge in [-0.15, -0.1) is 0 Å². The molecule has 5 N–H and O–H groups in total. The summed E-state index contributed by atoms with van der Waals surface area (Å²) in [7, 11) is 5.98. The second-order valence-corrected chi connectivity index (χ2v) is 10.7. The molecule has 7 unspecified atom stereocenters. The van der Waals surface area contributed by atoms with Crippen molar-refractivity contribution in [1.82, 2.24) is 4.90 Å². The van der Waals surface area contributed by atoms with Crippen molar-refractivity contribution in [3.63, 3.8) is 0 Å². The minimum absolute atomic E-state index is 0.0120. The third-order valence-corrected chi connectivity index (χ3v) is 8.71. The van der Waals surface area contributed by atoms with Crippen molar-refractivity contribution in [2.24, 2.45) is 41.1 Å². The van der Waals surface area contributed by atoms with Gasteiger partial charge in [0, 0.05) is 31.2 Å². The predicted molar refractivity (Wildman–Crippen MR) is 124 cm³/mol. The number of phenolic OH excluding ortho intramolecular Hbond substituents is 1. The average molecular weight is 469 g/mol. The zero-order valence-electron chi connectivity index (χ0n) is 19.8. The summed E-state index contributed by atoms with van der Waals surface area (Å²) < 4.78 is 0. The van der Waals surface area contributed by atoms with Crippen molar-refractivity contribution < 1.29 is 24.3 Å². The number of amides is 1. The summed E-state index contributed by atoms with van der Waals surface area (Å²) in [6.45, 7) is 0.812. The van der Waals surface area contributed by atoms with Crippen LogP contribution in [0.15, 0.2) is 6.07 Å². The fraction of sp³-hybridized carbons (Fsp3) is 0.600. The minimum Gasteiger partial charge on any atom is -0.507 e. The molecule has 9 nitrogen and oxygen atoms in total. The van der Waals surface area contributed by atoms with E-state index in [0.29, 0.717) is 12.8 Å². The highest BCUT2D eigenvalue weighted by atomic mass is 16.3. The Morgan fingerprint density at radius 2 is 1.88 bits per heavy atom. The number of aromatic hydroxyl groups is 1. The number of anilines is 1. The van der Waals surface area contributed by atoms with Crippen LogP contribution in [0.25, 0.3) is 0 Å². The number of nitrogens with zero attached hydrogens (tertiary/aromatic N) is 2. The largest absolute Gasteiger partial charge is 0.507 e. The van der Waals surface area contributed by atoms with Crippen LogP contribution in [0.1, 0.15) is 46.8 Å². The van der Waals surface area contributed by atoms with Crippen LogP contribution in [-0.2, 0) is 20.8 Å². The van der Waals surface area contributed by atoms with E-state index in [4.69, 9.17) is 11.5 Å². The highest BCUT2D eigenvalue weighted by Crippen LogP contribution is 2.52. The Hall–Kier alpha value is -2.78. The third-order valence-electron chi connectivity index (χ3n) is 8.71. The quantitative estimate of drug-likeness (QED) is 0.529. The van der Waals surface area contributed by atoms with E-state index in [1.165, 1.54) is 0 Å². The van der Waals surface area contributed by atoms with Crippen molar-refractivity contribution in [3.8, 4) is 5.75 Å². The Bertz CT molecular complexity index is 1120. The minimum atomic E-state index is -1.10. The number of nitrogens with two attached hydrogens (primary N) is 2. The number of primary amides is 1. The molecule has 1 aromatic carbocycles. The fourth-order valence-electron chi connectivity index (χ4n) is 7.08. The first-order valence-electron chi connectivity index (χ1n) is 12.0. The Kier molecular flexibility index (Phi) is 5.33. The van der Waals surface area contributed by atoms with Gasteiger partial charge < -0.3 is 26.4 Å². The summed E-state index contributed by atoms with van der Waals surface area (Å²) in [5.74, 6) is -5.27. The van der Waals surface area contributed by atoms with Crippen molar-refractivity contribution in [2.75, 3.05) is 32.6 Å². The van der Waals surface area contributed by atoms with Crippen molar-refractivity contribution >= 4 is 28.9 Å². The van der Waals surface area contributed by atoms with E-state index in [9.17, 15) is 24.3 Å². The van der Waals surface area contributed by atoms with Crippen LogP contribution in [0.5, 0.6) is 5.75 Å². The lowest BCUT2D eigenvalue weighted by Gasteiger charge is -2.48. The van der Waals surface area contributed by atoms with Gasteiger partial charge in [0.05, 0.1) is 23.4 Å². The second-order valence-electron chi connectivity index (χ2n) is 10.7. The molecule has 1 amide bonds. The van der Waals surface area contributed by atoms with Crippen molar-refractivity contribution in [1.29, 1.82) is 0 Å². The van der Waals surface area contributed by atoms with Gasteiger partial charge in [-0.05, 0) is 68.8 Å². The molecule has 0 bridgehead atoms. The maximum absolute atomic E-state index is 13.7. The molecule has 0 spiro atoms. The molecule has 5 rings (SSSR count). The number of carbonyl (C=O) groups excluding carboxylic acids is 4. The lowest BCUT2D eigenvalue weighted by atomic mass is 9.55. The molecule has 2 saturated carbocycles. The molecule has 2 fully saturated rings. The Balaban J connectivity index is 1.59. The predicted octanol–water partition coefficient (Wildman–Crippen LogP) is 0.413. The molecule has 3 aliphatic carbocycles. The van der Waals surface area contributed by atoms with E-state index in [0.717, 1.165) is 29.8 Å². The molecular formula is C25H32N4O5. The Morgan fingerprint density at radius 1 is 1.18 bits per heavy atom. The number of Topliss-reactive ketones (excluding diaryl/α,β-unsaturated/α-hetero) is 3. The van der Waals surface area contributed by atoms with Gasteiger partial charge in [0.2, 0.25) is 5.91 Å². The van der Waals surface area contributed by atoms with E-state index in [-0.39, 0.29) is 41.3 Å². The second kappa shape index (κ2) is 7.88. The molecule has 0 radical (unpaired) electrons. The Labute approximate surface area is 198 Å². The molecule has 1 heterocycles. The van der Waals surface area contributed by atoms with E-state index in [1.807, 2.05) is 21.1 Å². The zero-order valence-corrected chi connectivity index (χ0v) is 19.8. The van der Waals surface area contributed by atoms with Crippen molar-refractivity contribution in [3.05, 3.63) is 22.8 Å². The smallest absolute Gasteiger partial charge is 0.228 e. The highest BCUT2D eigenvalue weighted by molar-refractivity contribution is 6.16. The first-order valence-corrected chi connectivity index (χ1v) is 12.0. The zero-order chi connectivity index (χ0) is 24.6. The monoisotopic (exact) mass is 468 g/mol. The van der Waals surface area contributed by atoms with Gasteiger partial charge in [0.25, 0.3) is 0 Å². The normalized spacial score (nSPS) is 34.9.